The minimum absolute atomic E-state index is 0.133. The van der Waals surface area contributed by atoms with E-state index in [0.29, 0.717) is 10.9 Å². The van der Waals surface area contributed by atoms with Crippen LogP contribution in [-0.4, -0.2) is 48.1 Å². The van der Waals surface area contributed by atoms with E-state index in [9.17, 15) is 9.50 Å². The number of likely N-dealkylation sites (tertiary alicyclic amines) is 1. The summed E-state index contributed by atoms with van der Waals surface area (Å²) in [6.07, 6.45) is 3.30. The fraction of sp³-hybridized carbons (Fsp3) is 0.455. The van der Waals surface area contributed by atoms with Crippen LogP contribution in [0.4, 0.5) is 4.39 Å². The average molecular weight is 391 g/mol. The van der Waals surface area contributed by atoms with Crippen LogP contribution in [0.15, 0.2) is 42.5 Å². The summed E-state index contributed by atoms with van der Waals surface area (Å²) in [5, 5.41) is 9.93. The van der Waals surface area contributed by atoms with Gasteiger partial charge in [-0.15, -0.1) is 0 Å². The summed E-state index contributed by atoms with van der Waals surface area (Å²) >= 11 is 5.99. The summed E-state index contributed by atoms with van der Waals surface area (Å²) in [7, 11) is 2.14. The van der Waals surface area contributed by atoms with Crippen molar-refractivity contribution in [2.24, 2.45) is 5.92 Å². The first-order chi connectivity index (χ1) is 13.0. The minimum atomic E-state index is -0.149. The highest BCUT2D eigenvalue weighted by atomic mass is 35.5. The first kappa shape index (κ1) is 20.1. The van der Waals surface area contributed by atoms with Crippen LogP contribution < -0.4 is 0 Å². The van der Waals surface area contributed by atoms with Gasteiger partial charge in [0.05, 0.1) is 5.02 Å². The van der Waals surface area contributed by atoms with Crippen molar-refractivity contribution in [2.75, 3.05) is 33.2 Å². The van der Waals surface area contributed by atoms with Crippen molar-refractivity contribution >= 4 is 11.6 Å². The van der Waals surface area contributed by atoms with E-state index >= 15 is 0 Å². The van der Waals surface area contributed by atoms with Crippen LogP contribution in [0.25, 0.3) is 0 Å². The number of benzene rings is 2. The van der Waals surface area contributed by atoms with Gasteiger partial charge in [-0.2, -0.15) is 0 Å². The van der Waals surface area contributed by atoms with Crippen LogP contribution in [0.3, 0.4) is 0 Å². The van der Waals surface area contributed by atoms with E-state index in [1.165, 1.54) is 18.9 Å². The Hall–Kier alpha value is -1.62. The molecule has 2 aromatic rings. The van der Waals surface area contributed by atoms with E-state index in [0.717, 1.165) is 50.3 Å². The third kappa shape index (κ3) is 6.20. The largest absolute Gasteiger partial charge is 0.506 e. The zero-order valence-electron chi connectivity index (χ0n) is 15.9. The SMILES string of the molecule is CN(Cc1ccc(O)c(Cl)c1)CC1CCN(CCc2cccc(F)c2)CC1. The lowest BCUT2D eigenvalue weighted by Crippen LogP contribution is -2.38. The summed E-state index contributed by atoms with van der Waals surface area (Å²) in [5.41, 5.74) is 2.19. The molecule has 1 heterocycles. The average Bonchev–Trinajstić information content (AvgIpc) is 2.64. The van der Waals surface area contributed by atoms with Crippen LogP contribution >= 0.6 is 11.6 Å². The van der Waals surface area contributed by atoms with E-state index in [1.807, 2.05) is 18.2 Å². The Balaban J connectivity index is 1.39. The fourth-order valence-corrected chi connectivity index (χ4v) is 4.04. The molecule has 0 saturated carbocycles. The van der Waals surface area contributed by atoms with Crippen molar-refractivity contribution in [3.8, 4) is 5.75 Å². The van der Waals surface area contributed by atoms with Crippen LogP contribution in [0.1, 0.15) is 24.0 Å². The fourth-order valence-electron chi connectivity index (χ4n) is 3.84. The Kier molecular flexibility index (Phi) is 7.11. The zero-order valence-corrected chi connectivity index (χ0v) is 16.6. The number of phenolic OH excluding ortho intramolecular Hbond substituents is 1. The molecule has 146 valence electrons. The Morgan fingerprint density at radius 3 is 2.63 bits per heavy atom. The smallest absolute Gasteiger partial charge is 0.134 e. The van der Waals surface area contributed by atoms with Crippen molar-refractivity contribution in [1.82, 2.24) is 9.80 Å². The Labute approximate surface area is 166 Å². The lowest BCUT2D eigenvalue weighted by atomic mass is 9.95. The summed E-state index contributed by atoms with van der Waals surface area (Å²) in [5.74, 6) is 0.686. The van der Waals surface area contributed by atoms with Gasteiger partial charge in [0.25, 0.3) is 0 Å². The van der Waals surface area contributed by atoms with Gasteiger partial charge in [0.1, 0.15) is 11.6 Å². The molecule has 0 spiro atoms. The van der Waals surface area contributed by atoms with Crippen LogP contribution in [0.2, 0.25) is 5.02 Å². The molecule has 0 bridgehead atoms. The predicted molar refractivity (Wildman–Crippen MR) is 109 cm³/mol. The van der Waals surface area contributed by atoms with E-state index < -0.39 is 0 Å². The number of hydrogen-bond donors (Lipinski definition) is 1. The van der Waals surface area contributed by atoms with E-state index in [-0.39, 0.29) is 11.6 Å². The maximum absolute atomic E-state index is 13.3. The Morgan fingerprint density at radius 1 is 1.15 bits per heavy atom. The number of aromatic hydroxyl groups is 1. The molecule has 3 rings (SSSR count). The predicted octanol–water partition coefficient (Wildman–Crippen LogP) is 4.57. The molecule has 0 atom stereocenters. The van der Waals surface area contributed by atoms with E-state index in [1.54, 1.807) is 18.2 Å². The second-order valence-electron chi connectivity index (χ2n) is 7.65. The number of rotatable bonds is 7. The van der Waals surface area contributed by atoms with Gasteiger partial charge in [0, 0.05) is 19.6 Å². The molecular formula is C22H28ClFN2O. The molecule has 0 amide bonds. The molecule has 2 aromatic carbocycles. The van der Waals surface area contributed by atoms with Gasteiger partial charge in [0.2, 0.25) is 0 Å². The molecule has 0 aliphatic carbocycles. The van der Waals surface area contributed by atoms with Crippen LogP contribution in [0.5, 0.6) is 5.75 Å². The normalized spacial score (nSPS) is 16.1. The first-order valence-electron chi connectivity index (χ1n) is 9.62. The topological polar surface area (TPSA) is 26.7 Å². The monoisotopic (exact) mass is 390 g/mol. The van der Waals surface area contributed by atoms with Gasteiger partial charge < -0.3 is 14.9 Å². The highest BCUT2D eigenvalue weighted by Gasteiger charge is 2.20. The van der Waals surface area contributed by atoms with Gasteiger partial charge in [-0.1, -0.05) is 29.8 Å². The summed E-state index contributed by atoms with van der Waals surface area (Å²) in [4.78, 5) is 4.82. The highest BCUT2D eigenvalue weighted by Crippen LogP contribution is 2.25. The lowest BCUT2D eigenvalue weighted by Gasteiger charge is -2.34. The standard InChI is InChI=1S/C22H28ClFN2O/c1-25(16-19-5-6-22(27)21(23)14-19)15-18-8-11-26(12-9-18)10-7-17-3-2-4-20(24)13-17/h2-6,13-14,18,27H,7-12,15-16H2,1H3. The maximum atomic E-state index is 13.3. The second kappa shape index (κ2) is 9.54. The van der Waals surface area contributed by atoms with Gasteiger partial charge in [-0.3, -0.25) is 0 Å². The molecule has 1 saturated heterocycles. The van der Waals surface area contributed by atoms with Gasteiger partial charge in [0.15, 0.2) is 0 Å². The van der Waals surface area contributed by atoms with Gasteiger partial charge >= 0.3 is 0 Å². The van der Waals surface area contributed by atoms with Gasteiger partial charge in [-0.25, -0.2) is 4.39 Å². The molecule has 1 fully saturated rings. The molecular weight excluding hydrogens is 363 g/mol. The van der Waals surface area contributed by atoms with Crippen molar-refractivity contribution in [1.29, 1.82) is 0 Å². The number of halogens is 2. The maximum Gasteiger partial charge on any atom is 0.134 e. The Bertz CT molecular complexity index is 747. The minimum Gasteiger partial charge on any atom is -0.506 e. The van der Waals surface area contributed by atoms with Crippen LogP contribution in [0, 0.1) is 11.7 Å². The van der Waals surface area contributed by atoms with Crippen LogP contribution in [-0.2, 0) is 13.0 Å². The molecule has 1 aliphatic rings. The number of hydrogen-bond acceptors (Lipinski definition) is 3. The highest BCUT2D eigenvalue weighted by molar-refractivity contribution is 6.32. The molecule has 0 aromatic heterocycles. The van der Waals surface area contributed by atoms with Crippen molar-refractivity contribution in [2.45, 2.75) is 25.8 Å². The van der Waals surface area contributed by atoms with Gasteiger partial charge in [-0.05, 0) is 80.7 Å². The summed E-state index contributed by atoms with van der Waals surface area (Å²) < 4.78 is 13.3. The molecule has 0 radical (unpaired) electrons. The molecule has 5 heteroatoms. The van der Waals surface area contributed by atoms with Crippen molar-refractivity contribution in [3.05, 3.63) is 64.4 Å². The lowest BCUT2D eigenvalue weighted by molar-refractivity contribution is 0.153. The third-order valence-corrected chi connectivity index (χ3v) is 5.65. The molecule has 1 N–H and O–H groups in total. The summed E-state index contributed by atoms with van der Waals surface area (Å²) in [6.45, 7) is 5.12. The molecule has 27 heavy (non-hydrogen) atoms. The summed E-state index contributed by atoms with van der Waals surface area (Å²) in [6, 6.07) is 12.3. The first-order valence-corrected chi connectivity index (χ1v) is 10.00. The molecule has 3 nitrogen and oxygen atoms in total. The quantitative estimate of drug-likeness (QED) is 0.750. The van der Waals surface area contributed by atoms with E-state index in [4.69, 9.17) is 11.6 Å². The molecule has 1 aliphatic heterocycles. The second-order valence-corrected chi connectivity index (χ2v) is 8.05. The molecule has 0 unspecified atom stereocenters. The zero-order chi connectivity index (χ0) is 19.2. The van der Waals surface area contributed by atoms with E-state index in [2.05, 4.69) is 16.8 Å². The van der Waals surface area contributed by atoms with Crippen molar-refractivity contribution in [3.63, 3.8) is 0 Å². The third-order valence-electron chi connectivity index (χ3n) is 5.35. The number of piperidine rings is 1. The Morgan fingerprint density at radius 2 is 1.93 bits per heavy atom. The number of phenols is 1. The van der Waals surface area contributed by atoms with Crippen molar-refractivity contribution < 1.29 is 9.50 Å². The number of nitrogens with zero attached hydrogens (tertiary/aromatic N) is 2.